The molecule has 1 aromatic carbocycles. The Morgan fingerprint density at radius 1 is 1.42 bits per heavy atom. The topological polar surface area (TPSA) is 102 Å². The molecule has 1 amide bonds. The summed E-state index contributed by atoms with van der Waals surface area (Å²) >= 11 is 0. The van der Waals surface area contributed by atoms with Crippen LogP contribution in [0.15, 0.2) is 18.2 Å². The Kier molecular flexibility index (Phi) is 2.52. The van der Waals surface area contributed by atoms with E-state index in [1.807, 2.05) is 0 Å². The van der Waals surface area contributed by atoms with Gasteiger partial charge in [-0.05, 0) is 25.1 Å². The molecule has 98 valence electrons. The Balaban J connectivity index is 1.83. The Bertz CT molecular complexity index is 650. The molecule has 1 aromatic heterocycles. The first-order valence-electron chi connectivity index (χ1n) is 5.66. The summed E-state index contributed by atoms with van der Waals surface area (Å²) in [5.74, 6) is 1.20. The zero-order valence-electron chi connectivity index (χ0n) is 10.2. The summed E-state index contributed by atoms with van der Waals surface area (Å²) in [7, 11) is 0. The van der Waals surface area contributed by atoms with Gasteiger partial charge >= 0.3 is 0 Å². The number of aromatic amines is 1. The van der Waals surface area contributed by atoms with Crippen LogP contribution in [0.1, 0.15) is 16.1 Å². The van der Waals surface area contributed by atoms with Crippen molar-refractivity contribution < 1.29 is 14.3 Å². The van der Waals surface area contributed by atoms with Crippen molar-refractivity contribution in [1.82, 2.24) is 10.2 Å². The number of anilines is 2. The highest BCUT2D eigenvalue weighted by Gasteiger charge is 2.17. The van der Waals surface area contributed by atoms with Crippen molar-refractivity contribution in [1.29, 1.82) is 0 Å². The van der Waals surface area contributed by atoms with E-state index in [0.29, 0.717) is 34.3 Å². The van der Waals surface area contributed by atoms with Crippen LogP contribution < -0.4 is 20.5 Å². The molecular formula is C12H12N4O3. The normalized spacial score (nSPS) is 12.5. The van der Waals surface area contributed by atoms with Gasteiger partial charge < -0.3 is 20.5 Å². The third-order valence-corrected chi connectivity index (χ3v) is 2.86. The number of ether oxygens (including phenoxy) is 2. The SMILES string of the molecule is Cc1[nH]nc(NC(=O)c2ccc3c(c2)OCO3)c1N. The van der Waals surface area contributed by atoms with Gasteiger partial charge in [0.05, 0.1) is 11.4 Å². The number of rotatable bonds is 2. The molecule has 1 aliphatic rings. The van der Waals surface area contributed by atoms with Crippen LogP contribution in [0.4, 0.5) is 11.5 Å². The second-order valence-electron chi connectivity index (χ2n) is 4.13. The van der Waals surface area contributed by atoms with E-state index >= 15 is 0 Å². The standard InChI is InChI=1S/C12H12N4O3/c1-6-10(13)11(16-15-6)14-12(17)7-2-3-8-9(4-7)19-5-18-8/h2-4H,5,13H2,1H3,(H2,14,15,16,17). The van der Waals surface area contributed by atoms with E-state index in [1.54, 1.807) is 25.1 Å². The van der Waals surface area contributed by atoms with Crippen LogP contribution >= 0.6 is 0 Å². The molecule has 0 spiro atoms. The van der Waals surface area contributed by atoms with Crippen LogP contribution in [-0.2, 0) is 0 Å². The van der Waals surface area contributed by atoms with Gasteiger partial charge in [0.1, 0.15) is 0 Å². The highest BCUT2D eigenvalue weighted by Crippen LogP contribution is 2.32. The van der Waals surface area contributed by atoms with Gasteiger partial charge in [0.2, 0.25) is 6.79 Å². The molecule has 19 heavy (non-hydrogen) atoms. The number of nitrogens with one attached hydrogen (secondary N) is 2. The van der Waals surface area contributed by atoms with E-state index in [0.717, 1.165) is 0 Å². The number of amides is 1. The molecule has 0 fully saturated rings. The number of H-pyrrole nitrogens is 1. The van der Waals surface area contributed by atoms with Crippen LogP contribution in [-0.4, -0.2) is 22.9 Å². The summed E-state index contributed by atoms with van der Waals surface area (Å²) in [6.07, 6.45) is 0. The number of hydrogen-bond acceptors (Lipinski definition) is 5. The maximum atomic E-state index is 12.1. The summed E-state index contributed by atoms with van der Waals surface area (Å²) in [6, 6.07) is 4.96. The van der Waals surface area contributed by atoms with E-state index in [9.17, 15) is 4.79 Å². The summed E-state index contributed by atoms with van der Waals surface area (Å²) < 4.78 is 10.4. The molecule has 4 N–H and O–H groups in total. The van der Waals surface area contributed by atoms with Crippen molar-refractivity contribution in [3.05, 3.63) is 29.5 Å². The van der Waals surface area contributed by atoms with Gasteiger partial charge in [-0.25, -0.2) is 0 Å². The van der Waals surface area contributed by atoms with E-state index in [1.165, 1.54) is 0 Å². The molecule has 0 bridgehead atoms. The summed E-state index contributed by atoms with van der Waals surface area (Å²) in [6.45, 7) is 1.95. The minimum absolute atomic E-state index is 0.173. The summed E-state index contributed by atoms with van der Waals surface area (Å²) in [4.78, 5) is 12.1. The van der Waals surface area contributed by atoms with E-state index < -0.39 is 0 Å². The number of aromatic nitrogens is 2. The zero-order chi connectivity index (χ0) is 13.4. The molecule has 3 rings (SSSR count). The molecular weight excluding hydrogens is 248 g/mol. The zero-order valence-corrected chi connectivity index (χ0v) is 10.2. The Hall–Kier alpha value is -2.70. The van der Waals surface area contributed by atoms with E-state index in [4.69, 9.17) is 15.2 Å². The molecule has 0 saturated heterocycles. The molecule has 0 saturated carbocycles. The second-order valence-corrected chi connectivity index (χ2v) is 4.13. The molecule has 0 radical (unpaired) electrons. The lowest BCUT2D eigenvalue weighted by molar-refractivity contribution is 0.102. The number of nitrogens with two attached hydrogens (primary N) is 1. The van der Waals surface area contributed by atoms with Gasteiger partial charge in [-0.15, -0.1) is 0 Å². The van der Waals surface area contributed by atoms with Crippen LogP contribution in [0.3, 0.4) is 0 Å². The van der Waals surface area contributed by atoms with E-state index in [2.05, 4.69) is 15.5 Å². The molecule has 2 heterocycles. The maximum absolute atomic E-state index is 12.1. The number of hydrogen-bond donors (Lipinski definition) is 3. The first-order chi connectivity index (χ1) is 9.15. The summed E-state index contributed by atoms with van der Waals surface area (Å²) in [5.41, 5.74) is 7.35. The van der Waals surface area contributed by atoms with E-state index in [-0.39, 0.29) is 12.7 Å². The molecule has 7 heteroatoms. The van der Waals surface area contributed by atoms with Gasteiger partial charge in [-0.3, -0.25) is 9.89 Å². The molecule has 1 aliphatic heterocycles. The largest absolute Gasteiger partial charge is 0.454 e. The fraction of sp³-hybridized carbons (Fsp3) is 0.167. The third kappa shape index (κ3) is 1.95. The number of aryl methyl sites for hydroxylation is 1. The number of nitrogen functional groups attached to an aromatic ring is 1. The van der Waals surface area contributed by atoms with Crippen LogP contribution in [0.2, 0.25) is 0 Å². The predicted octanol–water partition coefficient (Wildman–Crippen LogP) is 1.28. The summed E-state index contributed by atoms with van der Waals surface area (Å²) in [5, 5.41) is 9.25. The Labute approximate surface area is 108 Å². The number of nitrogens with zero attached hydrogens (tertiary/aromatic N) is 1. The number of carbonyl (C=O) groups excluding carboxylic acids is 1. The van der Waals surface area contributed by atoms with Gasteiger partial charge in [-0.1, -0.05) is 0 Å². The fourth-order valence-electron chi connectivity index (χ4n) is 1.75. The smallest absolute Gasteiger partial charge is 0.257 e. The molecule has 0 unspecified atom stereocenters. The van der Waals surface area contributed by atoms with Crippen molar-refractivity contribution in [3.8, 4) is 11.5 Å². The minimum Gasteiger partial charge on any atom is -0.454 e. The predicted molar refractivity (Wildman–Crippen MR) is 68.3 cm³/mol. The Morgan fingerprint density at radius 2 is 2.21 bits per heavy atom. The van der Waals surface area contributed by atoms with Crippen molar-refractivity contribution in [2.24, 2.45) is 0 Å². The number of benzene rings is 1. The average molecular weight is 260 g/mol. The molecule has 2 aromatic rings. The van der Waals surface area contributed by atoms with Gasteiger partial charge in [0.25, 0.3) is 5.91 Å². The highest BCUT2D eigenvalue weighted by atomic mass is 16.7. The highest BCUT2D eigenvalue weighted by molar-refractivity contribution is 6.05. The number of fused-ring (bicyclic) bond motifs is 1. The molecule has 7 nitrogen and oxygen atoms in total. The lowest BCUT2D eigenvalue weighted by Gasteiger charge is -2.04. The quantitative estimate of drug-likeness (QED) is 0.754. The van der Waals surface area contributed by atoms with Gasteiger partial charge in [0.15, 0.2) is 17.3 Å². The molecule has 0 atom stereocenters. The lowest BCUT2D eigenvalue weighted by atomic mass is 10.2. The first kappa shape index (κ1) is 11.4. The van der Waals surface area contributed by atoms with Crippen molar-refractivity contribution >= 4 is 17.4 Å². The van der Waals surface area contributed by atoms with Crippen LogP contribution in [0, 0.1) is 6.92 Å². The minimum atomic E-state index is -0.309. The van der Waals surface area contributed by atoms with Crippen molar-refractivity contribution in [3.63, 3.8) is 0 Å². The average Bonchev–Trinajstić information content (AvgIpc) is 2.99. The number of carbonyl (C=O) groups is 1. The van der Waals surface area contributed by atoms with Crippen LogP contribution in [0.5, 0.6) is 11.5 Å². The first-order valence-corrected chi connectivity index (χ1v) is 5.66. The fourth-order valence-corrected chi connectivity index (χ4v) is 1.75. The van der Waals surface area contributed by atoms with Crippen LogP contribution in [0.25, 0.3) is 0 Å². The second kappa shape index (κ2) is 4.20. The van der Waals surface area contributed by atoms with Crippen molar-refractivity contribution in [2.75, 3.05) is 17.8 Å². The van der Waals surface area contributed by atoms with Gasteiger partial charge in [-0.2, -0.15) is 5.10 Å². The lowest BCUT2D eigenvalue weighted by Crippen LogP contribution is -2.13. The van der Waals surface area contributed by atoms with Gasteiger partial charge in [0, 0.05) is 5.56 Å². The van der Waals surface area contributed by atoms with Crippen molar-refractivity contribution in [2.45, 2.75) is 6.92 Å². The monoisotopic (exact) mass is 260 g/mol. The Morgan fingerprint density at radius 3 is 2.95 bits per heavy atom. The maximum Gasteiger partial charge on any atom is 0.257 e. The third-order valence-electron chi connectivity index (χ3n) is 2.86. The molecule has 0 aliphatic carbocycles.